The van der Waals surface area contributed by atoms with Crippen LogP contribution in [0.5, 0.6) is 0 Å². The zero-order valence-electron chi connectivity index (χ0n) is 10.0. The summed E-state index contributed by atoms with van der Waals surface area (Å²) in [4.78, 5) is 15.0. The van der Waals surface area contributed by atoms with E-state index in [4.69, 9.17) is 30.6 Å². The van der Waals surface area contributed by atoms with E-state index in [0.29, 0.717) is 0 Å². The Labute approximate surface area is 117 Å². The Hall–Kier alpha value is -2.01. The van der Waals surface area contributed by atoms with Gasteiger partial charge in [0.2, 0.25) is 0 Å². The molecule has 4 radical (unpaired) electrons. The molecular weight excluding hydrogens is 392 g/mol. The molecular formula is C10H12N4O2W. The van der Waals surface area contributed by atoms with E-state index in [-0.39, 0.29) is 21.1 Å². The smallest absolute Gasteiger partial charge is 0.281 e. The fraction of sp³-hybridized carbons (Fsp3) is 0.400. The second-order valence-corrected chi connectivity index (χ2v) is 0.894. The predicted octanol–water partition coefficient (Wildman–Crippen LogP) is 1.32. The maximum Gasteiger partial charge on any atom is 0.281 e. The minimum Gasteiger partial charge on any atom is -0.281 e. The van der Waals surface area contributed by atoms with Crippen LogP contribution in [0.25, 0.3) is 0 Å². The average Bonchev–Trinajstić information content (AvgIpc) is 2.27. The average molecular weight is 404 g/mol. The molecule has 0 amide bonds. The first kappa shape index (κ1) is 46.0. The van der Waals surface area contributed by atoms with Gasteiger partial charge in [0.25, 0.3) is 13.6 Å². The number of hydrogen-bond donors (Lipinski definition) is 0. The molecule has 90 valence electrons. The summed E-state index contributed by atoms with van der Waals surface area (Å²) in [5.74, 6) is 0. The molecule has 0 N–H and O–H groups in total. The van der Waals surface area contributed by atoms with Crippen LogP contribution < -0.4 is 0 Å². The van der Waals surface area contributed by atoms with Gasteiger partial charge in [-0.2, -0.15) is 21.0 Å². The van der Waals surface area contributed by atoms with Gasteiger partial charge in [-0.3, -0.25) is 9.59 Å². The summed E-state index contributed by atoms with van der Waals surface area (Å²) in [5.41, 5.74) is 0. The van der Waals surface area contributed by atoms with Crippen LogP contribution in [0.2, 0.25) is 0 Å². The molecule has 0 aromatic heterocycles. The van der Waals surface area contributed by atoms with Crippen LogP contribution in [0.3, 0.4) is 0 Å². The number of hydrogen-bond acceptors (Lipinski definition) is 6. The van der Waals surface area contributed by atoms with Crippen LogP contribution >= 0.6 is 0 Å². The van der Waals surface area contributed by atoms with Crippen LogP contribution in [0, 0.1) is 45.3 Å². The molecule has 0 rings (SSSR count). The van der Waals surface area contributed by atoms with Gasteiger partial charge in [0.1, 0.15) is 0 Å². The van der Waals surface area contributed by atoms with Gasteiger partial charge >= 0.3 is 0 Å². The van der Waals surface area contributed by atoms with Crippen molar-refractivity contribution in [3.05, 3.63) is 0 Å². The third kappa shape index (κ3) is 497. The Morgan fingerprint density at radius 3 is 0.588 bits per heavy atom. The van der Waals surface area contributed by atoms with Crippen molar-refractivity contribution in [1.29, 1.82) is 21.0 Å². The van der Waals surface area contributed by atoms with Gasteiger partial charge in [-0.05, 0) is 0 Å². The molecule has 0 atom stereocenters. The summed E-state index contributed by atoms with van der Waals surface area (Å²) < 4.78 is 0. The molecule has 0 aromatic rings. The molecule has 0 aliphatic rings. The van der Waals surface area contributed by atoms with Crippen molar-refractivity contribution in [1.82, 2.24) is 0 Å². The topological polar surface area (TPSA) is 129 Å². The molecule has 0 saturated heterocycles. The monoisotopic (exact) mass is 404 g/mol. The third-order valence-corrected chi connectivity index (χ3v) is 0. The standard InChI is InChI=1S/4C2H3N.2CO.W/c4*1-2-3;2*1-2;/h4*1H3;;;. The fourth-order valence-electron chi connectivity index (χ4n) is 0. The molecule has 6 nitrogen and oxygen atoms in total. The van der Waals surface area contributed by atoms with Crippen molar-refractivity contribution in [2.75, 3.05) is 0 Å². The van der Waals surface area contributed by atoms with Gasteiger partial charge in [-0.1, -0.05) is 0 Å². The van der Waals surface area contributed by atoms with E-state index in [9.17, 15) is 0 Å². The van der Waals surface area contributed by atoms with E-state index in [1.165, 1.54) is 27.7 Å². The normalized spacial score (nSPS) is 2.35. The summed E-state index contributed by atoms with van der Waals surface area (Å²) in [6, 6.07) is 7.00. The quantitative estimate of drug-likeness (QED) is 0.599. The summed E-state index contributed by atoms with van der Waals surface area (Å²) in [5, 5.41) is 29.3. The molecule has 0 bridgehead atoms. The predicted molar refractivity (Wildman–Crippen MR) is 56.5 cm³/mol. The Balaban J connectivity index is -0.0000000141. The number of nitrogens with zero attached hydrogens (tertiary/aromatic N) is 4. The molecule has 0 aromatic carbocycles. The van der Waals surface area contributed by atoms with Crippen molar-refractivity contribution in [2.45, 2.75) is 27.7 Å². The number of carbonyl (C=O) groups excluding carboxylic acids is 2. The molecule has 0 saturated carbocycles. The Kier molecular flexibility index (Phi) is 1610. The third-order valence-electron chi connectivity index (χ3n) is 0. The molecule has 0 unspecified atom stereocenters. The van der Waals surface area contributed by atoms with Crippen molar-refractivity contribution < 1.29 is 30.7 Å². The van der Waals surface area contributed by atoms with E-state index >= 15 is 0 Å². The van der Waals surface area contributed by atoms with Gasteiger partial charge in [-0.25, -0.2) is 0 Å². The number of rotatable bonds is 0. The first-order valence-corrected chi connectivity index (χ1v) is 3.30. The van der Waals surface area contributed by atoms with Crippen LogP contribution in [0.4, 0.5) is 0 Å². The van der Waals surface area contributed by atoms with Gasteiger partial charge < -0.3 is 0 Å². The van der Waals surface area contributed by atoms with Gasteiger partial charge in [0.05, 0.1) is 24.3 Å². The summed E-state index contributed by atoms with van der Waals surface area (Å²) in [7, 11) is 0. The largest absolute Gasteiger partial charge is 0.281 e. The van der Waals surface area contributed by atoms with Crippen LogP contribution in [0.15, 0.2) is 0 Å². The molecule has 0 fully saturated rings. The molecule has 7 heteroatoms. The van der Waals surface area contributed by atoms with Gasteiger partial charge in [0.15, 0.2) is 0 Å². The summed E-state index contributed by atoms with van der Waals surface area (Å²) in [6.07, 6.45) is 0. The maximum atomic E-state index is 7.50. The zero-order chi connectivity index (χ0) is 14.8. The number of nitriles is 4. The zero-order valence-corrected chi connectivity index (χ0v) is 12.9. The molecule has 0 aliphatic heterocycles. The summed E-state index contributed by atoms with van der Waals surface area (Å²) >= 11 is 0. The van der Waals surface area contributed by atoms with E-state index in [1.807, 2.05) is 0 Å². The molecule has 0 heterocycles. The first-order chi connectivity index (χ1) is 7.66. The first-order valence-electron chi connectivity index (χ1n) is 3.30. The van der Waals surface area contributed by atoms with E-state index in [1.54, 1.807) is 24.3 Å². The van der Waals surface area contributed by atoms with E-state index in [0.717, 1.165) is 0 Å². The second kappa shape index (κ2) is 597. The minimum atomic E-state index is 0. The van der Waals surface area contributed by atoms with Gasteiger partial charge in [-0.15, -0.1) is 0 Å². The van der Waals surface area contributed by atoms with E-state index in [2.05, 4.69) is 13.6 Å². The Bertz CT molecular complexity index is 183. The maximum absolute atomic E-state index is 7.50. The van der Waals surface area contributed by atoms with Crippen molar-refractivity contribution >= 4 is 13.6 Å². The van der Waals surface area contributed by atoms with Crippen molar-refractivity contribution in [2.24, 2.45) is 0 Å². The van der Waals surface area contributed by atoms with Gasteiger partial charge in [0, 0.05) is 48.8 Å². The second-order valence-electron chi connectivity index (χ2n) is 0.894. The molecule has 0 aliphatic carbocycles. The van der Waals surface area contributed by atoms with Crippen molar-refractivity contribution in [3.8, 4) is 24.3 Å². The Morgan fingerprint density at radius 2 is 0.588 bits per heavy atom. The molecule has 0 spiro atoms. The summed E-state index contributed by atoms with van der Waals surface area (Å²) in [6.45, 7) is 14.7. The van der Waals surface area contributed by atoms with Crippen molar-refractivity contribution in [3.63, 3.8) is 0 Å². The fourth-order valence-corrected chi connectivity index (χ4v) is 0. The van der Waals surface area contributed by atoms with E-state index < -0.39 is 0 Å². The Morgan fingerprint density at radius 1 is 0.588 bits per heavy atom. The van der Waals surface area contributed by atoms with Crippen LogP contribution in [-0.2, 0) is 30.7 Å². The minimum absolute atomic E-state index is 0. The SMILES string of the molecule is CC#N.CC#N.CC#N.CC#N.[C]=O.[C]=O.[W]. The molecule has 17 heavy (non-hydrogen) atoms. The van der Waals surface area contributed by atoms with Crippen LogP contribution in [0.1, 0.15) is 27.7 Å². The van der Waals surface area contributed by atoms with Crippen LogP contribution in [-0.4, -0.2) is 13.6 Å².